The number of amides is 1. The van der Waals surface area contributed by atoms with E-state index in [1.165, 1.54) is 5.56 Å². The fourth-order valence-electron chi connectivity index (χ4n) is 2.49. The Labute approximate surface area is 142 Å². The van der Waals surface area contributed by atoms with Gasteiger partial charge in [-0.1, -0.05) is 18.2 Å². The highest BCUT2D eigenvalue weighted by Crippen LogP contribution is 2.22. The largest absolute Gasteiger partial charge is 0.311 e. The summed E-state index contributed by atoms with van der Waals surface area (Å²) < 4.78 is 1.79. The van der Waals surface area contributed by atoms with Crippen LogP contribution in [0, 0.1) is 0 Å². The Morgan fingerprint density at radius 2 is 2.05 bits per heavy atom. The average Bonchev–Trinajstić information content (AvgIpc) is 2.90. The molecule has 1 aromatic heterocycles. The molecule has 2 aromatic rings. The van der Waals surface area contributed by atoms with Gasteiger partial charge in [0.15, 0.2) is 0 Å². The summed E-state index contributed by atoms with van der Waals surface area (Å²) in [7, 11) is 0. The number of anilines is 1. The van der Waals surface area contributed by atoms with Gasteiger partial charge in [-0.2, -0.15) is 5.10 Å². The molecule has 5 nitrogen and oxygen atoms in total. The van der Waals surface area contributed by atoms with Crippen LogP contribution in [0.2, 0.25) is 0 Å². The van der Waals surface area contributed by atoms with E-state index in [9.17, 15) is 4.79 Å². The summed E-state index contributed by atoms with van der Waals surface area (Å²) in [5, 5.41) is 7.48. The minimum atomic E-state index is 0. The summed E-state index contributed by atoms with van der Waals surface area (Å²) in [5.41, 5.74) is 2.21. The number of aryl methyl sites for hydroxylation is 1. The van der Waals surface area contributed by atoms with Gasteiger partial charge in [-0.15, -0.1) is 24.8 Å². The van der Waals surface area contributed by atoms with E-state index in [1.807, 2.05) is 35.4 Å². The van der Waals surface area contributed by atoms with Crippen LogP contribution < -0.4 is 10.2 Å². The molecular weight excluding hydrogens is 323 g/mol. The normalized spacial score (nSPS) is 13.4. The molecule has 0 bridgehead atoms. The van der Waals surface area contributed by atoms with E-state index in [-0.39, 0.29) is 30.7 Å². The maximum Gasteiger partial charge on any atom is 0.228 e. The molecule has 1 N–H and O–H groups in total. The first-order chi connectivity index (χ1) is 9.84. The van der Waals surface area contributed by atoms with Crippen LogP contribution >= 0.6 is 24.8 Å². The van der Waals surface area contributed by atoms with Crippen LogP contribution in [0.3, 0.4) is 0 Å². The van der Waals surface area contributed by atoms with E-state index in [4.69, 9.17) is 0 Å². The number of nitrogens with one attached hydrogen (secondary N) is 1. The van der Waals surface area contributed by atoms with Crippen molar-refractivity contribution >= 4 is 36.4 Å². The molecule has 22 heavy (non-hydrogen) atoms. The van der Waals surface area contributed by atoms with E-state index >= 15 is 0 Å². The van der Waals surface area contributed by atoms with Gasteiger partial charge in [0.2, 0.25) is 5.91 Å². The fraction of sp³-hybridized carbons (Fsp3) is 0.333. The van der Waals surface area contributed by atoms with Gasteiger partial charge in [0.05, 0.1) is 0 Å². The number of benzene rings is 1. The highest BCUT2D eigenvalue weighted by molar-refractivity contribution is 5.94. The van der Waals surface area contributed by atoms with Gasteiger partial charge in [0, 0.05) is 50.7 Å². The van der Waals surface area contributed by atoms with Crippen molar-refractivity contribution in [1.29, 1.82) is 0 Å². The molecule has 0 saturated carbocycles. The lowest BCUT2D eigenvalue weighted by Crippen LogP contribution is -2.35. The molecule has 7 heteroatoms. The summed E-state index contributed by atoms with van der Waals surface area (Å²) in [6.45, 7) is 2.98. The van der Waals surface area contributed by atoms with Gasteiger partial charge in [-0.3, -0.25) is 9.48 Å². The van der Waals surface area contributed by atoms with Crippen LogP contribution in [0.15, 0.2) is 42.7 Å². The van der Waals surface area contributed by atoms with Crippen molar-refractivity contribution in [3.8, 4) is 0 Å². The van der Waals surface area contributed by atoms with Crippen LogP contribution in [0.5, 0.6) is 0 Å². The number of hydrogen-bond acceptors (Lipinski definition) is 3. The Bertz CT molecular complexity index is 589. The van der Waals surface area contributed by atoms with E-state index in [1.54, 1.807) is 10.9 Å². The van der Waals surface area contributed by atoms with Crippen molar-refractivity contribution in [2.24, 2.45) is 0 Å². The van der Waals surface area contributed by atoms with Gasteiger partial charge in [-0.25, -0.2) is 0 Å². The number of nitrogens with zero attached hydrogens (tertiary/aromatic N) is 3. The van der Waals surface area contributed by atoms with Crippen molar-refractivity contribution in [3.05, 3.63) is 48.3 Å². The molecule has 3 rings (SSSR count). The Morgan fingerprint density at radius 1 is 1.23 bits per heavy atom. The van der Waals surface area contributed by atoms with Gasteiger partial charge in [0.1, 0.15) is 0 Å². The number of fused-ring (bicyclic) bond motifs is 1. The highest BCUT2D eigenvalue weighted by atomic mass is 35.5. The Kier molecular flexibility index (Phi) is 7.38. The SMILES string of the molecule is Cl.Cl.O=C(CCn1cccn1)N1CCNCc2ccccc21. The van der Waals surface area contributed by atoms with Gasteiger partial charge in [0.25, 0.3) is 0 Å². The first kappa shape index (κ1) is 18.5. The molecule has 0 fully saturated rings. The third-order valence-electron chi connectivity index (χ3n) is 3.53. The maximum absolute atomic E-state index is 12.5. The van der Waals surface area contributed by atoms with Gasteiger partial charge in [-0.05, 0) is 17.7 Å². The van der Waals surface area contributed by atoms with E-state index in [0.717, 1.165) is 25.3 Å². The van der Waals surface area contributed by atoms with Crippen molar-refractivity contribution < 1.29 is 4.79 Å². The molecule has 0 radical (unpaired) electrons. The summed E-state index contributed by atoms with van der Waals surface area (Å²) in [4.78, 5) is 14.4. The van der Waals surface area contributed by atoms with Gasteiger partial charge >= 0.3 is 0 Å². The first-order valence-corrected chi connectivity index (χ1v) is 6.91. The number of para-hydroxylation sites is 1. The first-order valence-electron chi connectivity index (χ1n) is 6.91. The summed E-state index contributed by atoms with van der Waals surface area (Å²) in [5.74, 6) is 0.150. The third kappa shape index (κ3) is 4.22. The molecular formula is C15H20Cl2N4O. The average molecular weight is 343 g/mol. The van der Waals surface area contributed by atoms with Gasteiger partial charge < -0.3 is 10.2 Å². The van der Waals surface area contributed by atoms with Crippen molar-refractivity contribution in [3.63, 3.8) is 0 Å². The zero-order valence-electron chi connectivity index (χ0n) is 12.1. The standard InChI is InChI=1S/C15H18N4O.2ClH/c20-15(6-10-18-9-3-7-17-18)19-11-8-16-12-13-4-1-2-5-14(13)19;;/h1-5,7,9,16H,6,8,10-12H2;2*1H. The fourth-order valence-corrected chi connectivity index (χ4v) is 2.49. The quantitative estimate of drug-likeness (QED) is 0.930. The lowest BCUT2D eigenvalue weighted by atomic mass is 10.1. The van der Waals surface area contributed by atoms with E-state index in [0.29, 0.717) is 13.0 Å². The van der Waals surface area contributed by atoms with E-state index in [2.05, 4.69) is 16.5 Å². The topological polar surface area (TPSA) is 50.2 Å². The molecule has 0 unspecified atom stereocenters. The molecule has 120 valence electrons. The molecule has 1 aromatic carbocycles. The third-order valence-corrected chi connectivity index (χ3v) is 3.53. The molecule has 2 heterocycles. The zero-order valence-corrected chi connectivity index (χ0v) is 13.8. The Hall–Kier alpha value is -1.56. The van der Waals surface area contributed by atoms with Crippen LogP contribution in [-0.4, -0.2) is 28.8 Å². The van der Waals surface area contributed by atoms with Crippen molar-refractivity contribution in [1.82, 2.24) is 15.1 Å². The Balaban J connectivity index is 0.00000121. The molecule has 1 aliphatic heterocycles. The highest BCUT2D eigenvalue weighted by Gasteiger charge is 2.20. The number of rotatable bonds is 3. The molecule has 1 amide bonds. The van der Waals surface area contributed by atoms with Crippen molar-refractivity contribution in [2.45, 2.75) is 19.5 Å². The Morgan fingerprint density at radius 3 is 2.82 bits per heavy atom. The second-order valence-corrected chi connectivity index (χ2v) is 4.87. The zero-order chi connectivity index (χ0) is 13.8. The number of carbonyl (C=O) groups is 1. The summed E-state index contributed by atoms with van der Waals surface area (Å²) in [6.07, 6.45) is 4.08. The molecule has 0 aliphatic carbocycles. The minimum absolute atomic E-state index is 0. The number of hydrogen-bond donors (Lipinski definition) is 1. The predicted octanol–water partition coefficient (Wildman–Crippen LogP) is 2.25. The van der Waals surface area contributed by atoms with Crippen LogP contribution in [0.1, 0.15) is 12.0 Å². The van der Waals surface area contributed by atoms with Crippen LogP contribution in [0.25, 0.3) is 0 Å². The number of aromatic nitrogens is 2. The van der Waals surface area contributed by atoms with E-state index < -0.39 is 0 Å². The van der Waals surface area contributed by atoms with Crippen LogP contribution in [0.4, 0.5) is 5.69 Å². The summed E-state index contributed by atoms with van der Waals surface area (Å²) in [6, 6.07) is 9.96. The lowest BCUT2D eigenvalue weighted by molar-refractivity contribution is -0.118. The second-order valence-electron chi connectivity index (χ2n) is 4.87. The van der Waals surface area contributed by atoms with Crippen LogP contribution in [-0.2, 0) is 17.9 Å². The lowest BCUT2D eigenvalue weighted by Gasteiger charge is -2.22. The predicted molar refractivity (Wildman–Crippen MR) is 91.8 cm³/mol. The molecule has 1 aliphatic rings. The molecule has 0 atom stereocenters. The summed E-state index contributed by atoms with van der Waals surface area (Å²) >= 11 is 0. The monoisotopic (exact) mass is 342 g/mol. The number of carbonyl (C=O) groups excluding carboxylic acids is 1. The maximum atomic E-state index is 12.5. The second kappa shape index (κ2) is 8.78. The smallest absolute Gasteiger partial charge is 0.228 e. The van der Waals surface area contributed by atoms with Crippen molar-refractivity contribution in [2.75, 3.05) is 18.0 Å². The molecule has 0 saturated heterocycles. The molecule has 0 spiro atoms. The number of halogens is 2. The minimum Gasteiger partial charge on any atom is -0.311 e.